The monoisotopic (exact) mass is 269 g/mol. The Bertz CT molecular complexity index is 428. The number of benzene rings is 1. The van der Waals surface area contributed by atoms with Crippen LogP contribution in [0.3, 0.4) is 0 Å². The molecule has 0 radical (unpaired) electrons. The van der Waals surface area contributed by atoms with E-state index in [0.29, 0.717) is 11.7 Å². The molecule has 0 aliphatic carbocycles. The maximum absolute atomic E-state index is 11.5. The molecule has 0 spiro atoms. The molecule has 0 saturated carbocycles. The number of hydrogen-bond donors (Lipinski definition) is 1. The molecule has 1 atom stereocenters. The first-order valence-electron chi connectivity index (χ1n) is 6.49. The molecule has 0 fully saturated rings. The van der Waals surface area contributed by atoms with Crippen molar-refractivity contribution in [3.63, 3.8) is 0 Å². The average molecular weight is 269 g/mol. The van der Waals surface area contributed by atoms with Crippen molar-refractivity contribution in [2.24, 2.45) is 0 Å². The van der Waals surface area contributed by atoms with Crippen LogP contribution in [0.15, 0.2) is 30.3 Å². The van der Waals surface area contributed by atoms with Gasteiger partial charge in [-0.2, -0.15) is 0 Å². The Hall–Kier alpha value is -0.870. The molecule has 102 valence electrons. The highest BCUT2D eigenvalue weighted by Gasteiger charge is 2.13. The number of likely N-dealkylation sites (N-methyl/N-ethyl adjacent to an activating group) is 1. The van der Waals surface area contributed by atoms with Crippen molar-refractivity contribution in [3.05, 3.63) is 35.9 Å². The molecule has 0 amide bonds. The second-order valence-corrected chi connectivity index (χ2v) is 7.02. The van der Waals surface area contributed by atoms with Gasteiger partial charge in [-0.1, -0.05) is 37.3 Å². The zero-order chi connectivity index (χ0) is 13.4. The lowest BCUT2D eigenvalue weighted by atomic mass is 9.94. The quantitative estimate of drug-likeness (QED) is 0.787. The fourth-order valence-electron chi connectivity index (χ4n) is 2.05. The molecule has 1 unspecified atom stereocenters. The number of rotatable bonds is 8. The third kappa shape index (κ3) is 5.19. The Morgan fingerprint density at radius 3 is 2.44 bits per heavy atom. The number of hydrogen-bond acceptors (Lipinski definition) is 3. The third-order valence-electron chi connectivity index (χ3n) is 3.17. The summed E-state index contributed by atoms with van der Waals surface area (Å²) in [5.74, 6) is 0.939. The van der Waals surface area contributed by atoms with E-state index in [1.807, 2.05) is 25.2 Å². The Labute approximate surface area is 111 Å². The topological polar surface area (TPSA) is 46.2 Å². The van der Waals surface area contributed by atoms with Crippen LogP contribution in [0.5, 0.6) is 0 Å². The van der Waals surface area contributed by atoms with E-state index < -0.39 is 9.84 Å². The lowest BCUT2D eigenvalue weighted by Crippen LogP contribution is -2.18. The minimum absolute atomic E-state index is 0.245. The Morgan fingerprint density at radius 1 is 1.22 bits per heavy atom. The van der Waals surface area contributed by atoms with Gasteiger partial charge < -0.3 is 5.32 Å². The summed E-state index contributed by atoms with van der Waals surface area (Å²) in [6.07, 6.45) is 1.64. The maximum atomic E-state index is 11.5. The van der Waals surface area contributed by atoms with Crippen LogP contribution >= 0.6 is 0 Å². The summed E-state index contributed by atoms with van der Waals surface area (Å²) in [5, 5.41) is 3.18. The Kier molecular flexibility index (Phi) is 6.36. The van der Waals surface area contributed by atoms with Gasteiger partial charge in [-0.3, -0.25) is 0 Å². The summed E-state index contributed by atoms with van der Waals surface area (Å²) in [7, 11) is -0.903. The number of sulfone groups is 1. The summed E-state index contributed by atoms with van der Waals surface area (Å²) in [4.78, 5) is 0. The van der Waals surface area contributed by atoms with Crippen molar-refractivity contribution >= 4 is 9.84 Å². The van der Waals surface area contributed by atoms with E-state index in [4.69, 9.17) is 0 Å². The summed E-state index contributed by atoms with van der Waals surface area (Å²) in [6.45, 7) is 2.59. The average Bonchev–Trinajstić information content (AvgIpc) is 2.39. The van der Waals surface area contributed by atoms with E-state index in [1.54, 1.807) is 6.92 Å². The van der Waals surface area contributed by atoms with Crippen molar-refractivity contribution in [1.29, 1.82) is 0 Å². The third-order valence-corrected chi connectivity index (χ3v) is 4.96. The van der Waals surface area contributed by atoms with Gasteiger partial charge in [0.05, 0.1) is 5.75 Å². The summed E-state index contributed by atoms with van der Waals surface area (Å²) >= 11 is 0. The van der Waals surface area contributed by atoms with E-state index in [1.165, 1.54) is 5.56 Å². The van der Waals surface area contributed by atoms with Crippen LogP contribution < -0.4 is 5.32 Å². The van der Waals surface area contributed by atoms with Crippen LogP contribution in [0.1, 0.15) is 31.2 Å². The van der Waals surface area contributed by atoms with Crippen molar-refractivity contribution in [3.8, 4) is 0 Å². The van der Waals surface area contributed by atoms with E-state index >= 15 is 0 Å². The molecule has 0 aliphatic rings. The van der Waals surface area contributed by atoms with Gasteiger partial charge in [0.2, 0.25) is 0 Å². The smallest absolute Gasteiger partial charge is 0.150 e. The first-order valence-corrected chi connectivity index (χ1v) is 8.31. The van der Waals surface area contributed by atoms with Crippen LogP contribution in [0, 0.1) is 0 Å². The van der Waals surface area contributed by atoms with E-state index in [2.05, 4.69) is 17.4 Å². The normalized spacial score (nSPS) is 13.4. The van der Waals surface area contributed by atoms with Crippen molar-refractivity contribution < 1.29 is 8.42 Å². The highest BCUT2D eigenvalue weighted by Crippen LogP contribution is 2.20. The van der Waals surface area contributed by atoms with Gasteiger partial charge in [0.15, 0.2) is 0 Å². The van der Waals surface area contributed by atoms with Gasteiger partial charge in [0.25, 0.3) is 0 Å². The van der Waals surface area contributed by atoms with Crippen molar-refractivity contribution in [2.75, 3.05) is 25.1 Å². The SMILES string of the molecule is CCS(=O)(=O)CCCC(CNC)c1ccccc1. The molecule has 1 aromatic rings. The van der Waals surface area contributed by atoms with E-state index in [-0.39, 0.29) is 5.75 Å². The second-order valence-electron chi connectivity index (χ2n) is 4.54. The lowest BCUT2D eigenvalue weighted by molar-refractivity contribution is 0.562. The van der Waals surface area contributed by atoms with Gasteiger partial charge in [-0.15, -0.1) is 0 Å². The van der Waals surface area contributed by atoms with Gasteiger partial charge in [0.1, 0.15) is 9.84 Å². The van der Waals surface area contributed by atoms with Gasteiger partial charge in [0, 0.05) is 12.3 Å². The van der Waals surface area contributed by atoms with Crippen LogP contribution in [-0.4, -0.2) is 33.5 Å². The van der Waals surface area contributed by atoms with Gasteiger partial charge in [-0.05, 0) is 31.4 Å². The zero-order valence-electron chi connectivity index (χ0n) is 11.2. The lowest BCUT2D eigenvalue weighted by Gasteiger charge is -2.16. The molecule has 18 heavy (non-hydrogen) atoms. The molecule has 0 heterocycles. The molecule has 1 N–H and O–H groups in total. The summed E-state index contributed by atoms with van der Waals surface area (Å²) in [5.41, 5.74) is 1.28. The largest absolute Gasteiger partial charge is 0.319 e. The number of nitrogens with one attached hydrogen (secondary N) is 1. The van der Waals surface area contributed by atoms with Crippen molar-refractivity contribution in [1.82, 2.24) is 5.32 Å². The highest BCUT2D eigenvalue weighted by atomic mass is 32.2. The van der Waals surface area contributed by atoms with Crippen LogP contribution in [0.2, 0.25) is 0 Å². The molecule has 0 saturated heterocycles. The van der Waals surface area contributed by atoms with E-state index in [0.717, 1.165) is 19.4 Å². The first kappa shape index (κ1) is 15.2. The fraction of sp³-hybridized carbons (Fsp3) is 0.571. The molecule has 0 bridgehead atoms. The molecular weight excluding hydrogens is 246 g/mol. The zero-order valence-corrected chi connectivity index (χ0v) is 12.0. The molecule has 3 nitrogen and oxygen atoms in total. The molecule has 0 aromatic heterocycles. The molecule has 0 aliphatic heterocycles. The van der Waals surface area contributed by atoms with Crippen LogP contribution in [0.25, 0.3) is 0 Å². The Morgan fingerprint density at radius 2 is 1.89 bits per heavy atom. The molecule has 1 aromatic carbocycles. The van der Waals surface area contributed by atoms with Crippen molar-refractivity contribution in [2.45, 2.75) is 25.7 Å². The van der Waals surface area contributed by atoms with Crippen LogP contribution in [-0.2, 0) is 9.84 Å². The standard InChI is InChI=1S/C14H23NO2S/c1-3-18(16,17)11-7-10-14(12-15-2)13-8-5-4-6-9-13/h4-6,8-9,14-15H,3,7,10-12H2,1-2H3. The minimum atomic E-state index is -2.83. The summed E-state index contributed by atoms with van der Waals surface area (Å²) < 4.78 is 22.9. The van der Waals surface area contributed by atoms with Gasteiger partial charge >= 0.3 is 0 Å². The Balaban J connectivity index is 2.54. The maximum Gasteiger partial charge on any atom is 0.150 e. The second kappa shape index (κ2) is 7.54. The molecular formula is C14H23NO2S. The van der Waals surface area contributed by atoms with Gasteiger partial charge in [-0.25, -0.2) is 8.42 Å². The predicted octanol–water partition coefficient (Wildman–Crippen LogP) is 2.20. The summed E-state index contributed by atoms with van der Waals surface area (Å²) in [6, 6.07) is 10.3. The molecule has 1 rings (SSSR count). The highest BCUT2D eigenvalue weighted by molar-refractivity contribution is 7.91. The minimum Gasteiger partial charge on any atom is -0.319 e. The van der Waals surface area contributed by atoms with Crippen LogP contribution in [0.4, 0.5) is 0 Å². The fourth-order valence-corrected chi connectivity index (χ4v) is 2.95. The first-order chi connectivity index (χ1) is 8.59. The van der Waals surface area contributed by atoms with E-state index in [9.17, 15) is 8.42 Å². The molecule has 4 heteroatoms. The predicted molar refractivity (Wildman–Crippen MR) is 76.7 cm³/mol.